The van der Waals surface area contributed by atoms with Gasteiger partial charge in [0, 0.05) is 37.1 Å². The number of pyridine rings is 1. The summed E-state index contributed by atoms with van der Waals surface area (Å²) in [7, 11) is -2.34. The van der Waals surface area contributed by atoms with Crippen molar-refractivity contribution >= 4 is 37.4 Å². The summed E-state index contributed by atoms with van der Waals surface area (Å²) < 4.78 is 46.0. The van der Waals surface area contributed by atoms with Gasteiger partial charge < -0.3 is 19.3 Å². The Morgan fingerprint density at radius 1 is 1.14 bits per heavy atom. The van der Waals surface area contributed by atoms with Gasteiger partial charge in [0.2, 0.25) is 21.8 Å². The molecule has 0 saturated carbocycles. The van der Waals surface area contributed by atoms with Gasteiger partial charge in [0.25, 0.3) is 0 Å². The number of halogens is 1. The highest BCUT2D eigenvalue weighted by molar-refractivity contribution is 7.92. The van der Waals surface area contributed by atoms with E-state index in [1.54, 1.807) is 31.3 Å². The van der Waals surface area contributed by atoms with Gasteiger partial charge in [-0.15, -0.1) is 0 Å². The third kappa shape index (κ3) is 4.09. The Labute approximate surface area is 205 Å². The fourth-order valence-electron chi connectivity index (χ4n) is 4.22. The number of aromatic nitrogens is 4. The zero-order valence-electron chi connectivity index (χ0n) is 19.6. The van der Waals surface area contributed by atoms with E-state index in [0.717, 1.165) is 21.7 Å². The zero-order valence-corrected chi connectivity index (χ0v) is 20.4. The van der Waals surface area contributed by atoms with Crippen LogP contribution in [0.1, 0.15) is 22.8 Å². The molecule has 186 valence electrons. The molecule has 0 spiro atoms. The number of phenolic OH excluding ortho intramolecular Hbond substituents is 1. The van der Waals surface area contributed by atoms with Crippen molar-refractivity contribution in [1.29, 1.82) is 0 Å². The van der Waals surface area contributed by atoms with Crippen LogP contribution < -0.4 is 4.31 Å². The number of benzene rings is 2. The topological polar surface area (TPSA) is 135 Å². The van der Waals surface area contributed by atoms with Gasteiger partial charge in [0.05, 0.1) is 23.9 Å². The number of hydrogen-bond acceptors (Lipinski definition) is 8. The van der Waals surface area contributed by atoms with Gasteiger partial charge in [0.15, 0.2) is 11.6 Å². The van der Waals surface area contributed by atoms with E-state index in [1.165, 1.54) is 29.9 Å². The SMILES string of the molecule is Cc1nc(Cn2cc3c(N(C)S(C)(=O)=O)c4cc(Cc5ccc(F)cc5)cnc4c(O)c3c2O)no1. The summed E-state index contributed by atoms with van der Waals surface area (Å²) in [6, 6.07) is 7.76. The van der Waals surface area contributed by atoms with Crippen LogP contribution in [0.15, 0.2) is 47.2 Å². The second kappa shape index (κ2) is 8.48. The number of phenols is 1. The first-order valence-electron chi connectivity index (χ1n) is 10.9. The van der Waals surface area contributed by atoms with Crippen LogP contribution in [0.25, 0.3) is 21.7 Å². The minimum Gasteiger partial charge on any atom is -0.505 e. The number of nitrogens with zero attached hydrogens (tertiary/aromatic N) is 5. The molecule has 2 N–H and O–H groups in total. The molecule has 0 aliphatic carbocycles. The number of hydrogen-bond donors (Lipinski definition) is 2. The highest BCUT2D eigenvalue weighted by atomic mass is 32.2. The third-order valence-electron chi connectivity index (χ3n) is 5.98. The summed E-state index contributed by atoms with van der Waals surface area (Å²) in [6.45, 7) is 1.66. The van der Waals surface area contributed by atoms with Gasteiger partial charge in [-0.05, 0) is 35.7 Å². The quantitative estimate of drug-likeness (QED) is 0.354. The Bertz CT molecular complexity index is 1730. The van der Waals surface area contributed by atoms with E-state index in [-0.39, 0.29) is 40.6 Å². The average Bonchev–Trinajstić information content (AvgIpc) is 3.37. The maximum atomic E-state index is 13.3. The summed E-state index contributed by atoms with van der Waals surface area (Å²) in [5, 5.41) is 26.6. The lowest BCUT2D eigenvalue weighted by atomic mass is 10.0. The van der Waals surface area contributed by atoms with Gasteiger partial charge in [-0.1, -0.05) is 17.3 Å². The molecule has 10 nitrogen and oxygen atoms in total. The molecular formula is C24H22FN5O5S. The predicted octanol–water partition coefficient (Wildman–Crippen LogP) is 3.47. The lowest BCUT2D eigenvalue weighted by molar-refractivity contribution is 0.382. The fourth-order valence-corrected chi connectivity index (χ4v) is 4.75. The van der Waals surface area contributed by atoms with Crippen LogP contribution in [0, 0.1) is 12.7 Å². The van der Waals surface area contributed by atoms with Crippen molar-refractivity contribution in [3.05, 3.63) is 71.4 Å². The van der Waals surface area contributed by atoms with Crippen LogP contribution in [0.5, 0.6) is 11.6 Å². The van der Waals surface area contributed by atoms with Crippen LogP contribution in [0.2, 0.25) is 0 Å². The molecule has 0 bridgehead atoms. The average molecular weight is 512 g/mol. The summed E-state index contributed by atoms with van der Waals surface area (Å²) in [6.07, 6.45) is 4.55. The molecule has 36 heavy (non-hydrogen) atoms. The van der Waals surface area contributed by atoms with Crippen LogP contribution in [-0.4, -0.2) is 51.6 Å². The zero-order chi connectivity index (χ0) is 25.8. The monoisotopic (exact) mass is 511 g/mol. The smallest absolute Gasteiger partial charge is 0.232 e. The lowest BCUT2D eigenvalue weighted by Gasteiger charge is -2.21. The number of aromatic hydroxyl groups is 2. The Hall–Kier alpha value is -4.19. The molecule has 5 rings (SSSR count). The van der Waals surface area contributed by atoms with Crippen LogP contribution in [-0.2, 0) is 23.0 Å². The molecule has 3 aromatic heterocycles. The van der Waals surface area contributed by atoms with Crippen molar-refractivity contribution in [2.45, 2.75) is 19.9 Å². The van der Waals surface area contributed by atoms with Crippen LogP contribution in [0.4, 0.5) is 10.1 Å². The molecule has 0 atom stereocenters. The van der Waals surface area contributed by atoms with E-state index in [2.05, 4.69) is 15.1 Å². The van der Waals surface area contributed by atoms with Gasteiger partial charge in [0.1, 0.15) is 11.3 Å². The molecule has 3 heterocycles. The molecule has 5 aromatic rings. The van der Waals surface area contributed by atoms with Gasteiger partial charge in [-0.2, -0.15) is 4.98 Å². The maximum Gasteiger partial charge on any atom is 0.232 e. The van der Waals surface area contributed by atoms with E-state index in [4.69, 9.17) is 4.52 Å². The van der Waals surface area contributed by atoms with Crippen molar-refractivity contribution in [2.24, 2.45) is 0 Å². The first kappa shape index (κ1) is 23.5. The minimum atomic E-state index is -3.74. The van der Waals surface area contributed by atoms with Crippen molar-refractivity contribution in [2.75, 3.05) is 17.6 Å². The number of rotatable bonds is 6. The summed E-state index contributed by atoms with van der Waals surface area (Å²) in [5.41, 5.74) is 1.92. The molecule has 0 unspecified atom stereocenters. The standard InChI is InChI=1S/C24H22FN5O5S/c1-13-27-19(28-35-13)12-30-11-18-20(24(30)32)23(31)21-17(22(18)29(2)36(3,33)34)9-15(10-26-21)8-14-4-6-16(25)7-5-14/h4-7,9-11,31-32H,8,12H2,1-3H3. The predicted molar refractivity (Wildman–Crippen MR) is 131 cm³/mol. The molecule has 0 fully saturated rings. The molecule has 0 aliphatic rings. The largest absolute Gasteiger partial charge is 0.505 e. The Balaban J connectivity index is 1.75. The van der Waals surface area contributed by atoms with Crippen LogP contribution >= 0.6 is 0 Å². The third-order valence-corrected chi connectivity index (χ3v) is 7.16. The normalized spacial score (nSPS) is 12.0. The second-order valence-electron chi connectivity index (χ2n) is 8.57. The molecular weight excluding hydrogens is 489 g/mol. The van der Waals surface area contributed by atoms with Crippen molar-refractivity contribution in [1.82, 2.24) is 19.7 Å². The number of sulfonamides is 1. The van der Waals surface area contributed by atoms with E-state index in [9.17, 15) is 23.0 Å². The number of fused-ring (bicyclic) bond motifs is 2. The Morgan fingerprint density at radius 2 is 1.86 bits per heavy atom. The summed E-state index contributed by atoms with van der Waals surface area (Å²) >= 11 is 0. The maximum absolute atomic E-state index is 13.3. The molecule has 0 amide bonds. The van der Waals surface area contributed by atoms with E-state index in [1.807, 2.05) is 0 Å². The van der Waals surface area contributed by atoms with Gasteiger partial charge in [-0.25, -0.2) is 12.8 Å². The van der Waals surface area contributed by atoms with E-state index >= 15 is 0 Å². The number of anilines is 1. The lowest BCUT2D eigenvalue weighted by Crippen LogP contribution is -2.25. The van der Waals surface area contributed by atoms with Gasteiger partial charge in [-0.3, -0.25) is 9.29 Å². The minimum absolute atomic E-state index is 0.0267. The molecule has 0 radical (unpaired) electrons. The first-order chi connectivity index (χ1) is 17.0. The second-order valence-corrected chi connectivity index (χ2v) is 10.6. The highest BCUT2D eigenvalue weighted by Crippen LogP contribution is 2.46. The number of aryl methyl sites for hydroxylation is 1. The van der Waals surface area contributed by atoms with Crippen LogP contribution in [0.3, 0.4) is 0 Å². The molecule has 0 aliphatic heterocycles. The Morgan fingerprint density at radius 3 is 2.50 bits per heavy atom. The first-order valence-corrected chi connectivity index (χ1v) is 12.7. The van der Waals surface area contributed by atoms with Gasteiger partial charge >= 0.3 is 0 Å². The van der Waals surface area contributed by atoms with Crippen molar-refractivity contribution in [3.63, 3.8) is 0 Å². The summed E-state index contributed by atoms with van der Waals surface area (Å²) in [4.78, 5) is 8.54. The molecule has 12 heteroatoms. The Kier molecular flexibility index (Phi) is 5.55. The fraction of sp³-hybridized carbons (Fsp3) is 0.208. The molecule has 0 saturated heterocycles. The van der Waals surface area contributed by atoms with Crippen molar-refractivity contribution in [3.8, 4) is 11.6 Å². The van der Waals surface area contributed by atoms with E-state index in [0.29, 0.717) is 28.9 Å². The highest BCUT2D eigenvalue weighted by Gasteiger charge is 2.26. The van der Waals surface area contributed by atoms with Crippen molar-refractivity contribution < 1.29 is 27.5 Å². The summed E-state index contributed by atoms with van der Waals surface area (Å²) in [5.74, 6) is -0.290. The molecule has 2 aromatic carbocycles. The van der Waals surface area contributed by atoms with E-state index < -0.39 is 10.0 Å².